The molecule has 0 unspecified atom stereocenters. The summed E-state index contributed by atoms with van der Waals surface area (Å²) in [6.45, 7) is 9.55. The number of hydrogen-bond acceptors (Lipinski definition) is 4. The van der Waals surface area contributed by atoms with E-state index in [4.69, 9.17) is 13.9 Å². The van der Waals surface area contributed by atoms with Crippen molar-refractivity contribution in [1.29, 1.82) is 0 Å². The first-order chi connectivity index (χ1) is 11.3. The van der Waals surface area contributed by atoms with Gasteiger partial charge < -0.3 is 13.9 Å². The van der Waals surface area contributed by atoms with Crippen LogP contribution in [0.15, 0.2) is 22.6 Å². The monoisotopic (exact) mass is 328 g/mol. The van der Waals surface area contributed by atoms with Crippen LogP contribution in [0.5, 0.6) is 5.75 Å². The minimum absolute atomic E-state index is 0.0977. The molecule has 1 aliphatic heterocycles. The fraction of sp³-hybridized carbons (Fsp3) is 0.450. The summed E-state index contributed by atoms with van der Waals surface area (Å²) < 4.78 is 16.2. The molecule has 0 aliphatic carbocycles. The van der Waals surface area contributed by atoms with Gasteiger partial charge in [0.25, 0.3) is 0 Å². The van der Waals surface area contributed by atoms with Crippen LogP contribution < -0.4 is 4.74 Å². The summed E-state index contributed by atoms with van der Waals surface area (Å²) in [5, 5.41) is 0. The second-order valence-corrected chi connectivity index (χ2v) is 7.09. The van der Waals surface area contributed by atoms with Gasteiger partial charge in [-0.25, -0.2) is 4.79 Å². The highest BCUT2D eigenvalue weighted by Crippen LogP contribution is 2.43. The molecule has 0 fully saturated rings. The van der Waals surface area contributed by atoms with E-state index in [1.54, 1.807) is 6.07 Å². The summed E-state index contributed by atoms with van der Waals surface area (Å²) in [6.07, 6.45) is 1.66. The zero-order valence-electron chi connectivity index (χ0n) is 15.0. The Morgan fingerprint density at radius 1 is 1.29 bits per heavy atom. The molecular formula is C20H24O4. The Labute approximate surface area is 142 Å². The van der Waals surface area contributed by atoms with Crippen molar-refractivity contribution in [2.75, 3.05) is 13.7 Å². The fourth-order valence-corrected chi connectivity index (χ4v) is 3.61. The maximum atomic E-state index is 11.6. The molecule has 0 saturated carbocycles. The number of rotatable bonds is 3. The molecule has 24 heavy (non-hydrogen) atoms. The maximum absolute atomic E-state index is 11.6. The number of fused-ring (bicyclic) bond motifs is 1. The second kappa shape index (κ2) is 6.00. The van der Waals surface area contributed by atoms with Gasteiger partial charge in [0.1, 0.15) is 11.5 Å². The van der Waals surface area contributed by atoms with Crippen molar-refractivity contribution in [3.63, 3.8) is 0 Å². The standard InChI is InChI=1S/C20H24O4/c1-12-10-17-18(20(3,4)8-9-23-17)13(2)15(12)11-14-6-7-16(24-14)19(21)22-5/h6-7,10H,8-9,11H2,1-5H3. The summed E-state index contributed by atoms with van der Waals surface area (Å²) in [5.41, 5.74) is 5.05. The van der Waals surface area contributed by atoms with Crippen LogP contribution in [-0.4, -0.2) is 19.7 Å². The van der Waals surface area contributed by atoms with Crippen LogP contribution in [0.1, 0.15) is 58.8 Å². The van der Waals surface area contributed by atoms with Crippen LogP contribution in [0.3, 0.4) is 0 Å². The lowest BCUT2D eigenvalue weighted by Gasteiger charge is -2.35. The number of ether oxygens (including phenoxy) is 2. The molecule has 2 heterocycles. The van der Waals surface area contributed by atoms with E-state index >= 15 is 0 Å². The van der Waals surface area contributed by atoms with Crippen molar-refractivity contribution >= 4 is 5.97 Å². The molecule has 1 aliphatic rings. The van der Waals surface area contributed by atoms with E-state index in [9.17, 15) is 4.79 Å². The van der Waals surface area contributed by atoms with Crippen molar-refractivity contribution in [2.24, 2.45) is 0 Å². The molecule has 2 aromatic rings. The zero-order chi connectivity index (χ0) is 17.5. The van der Waals surface area contributed by atoms with Crippen molar-refractivity contribution in [1.82, 2.24) is 0 Å². The third-order valence-corrected chi connectivity index (χ3v) is 4.96. The predicted octanol–water partition coefficient (Wildman–Crippen LogP) is 4.33. The summed E-state index contributed by atoms with van der Waals surface area (Å²) in [4.78, 5) is 11.6. The fourth-order valence-electron chi connectivity index (χ4n) is 3.61. The number of carbonyl (C=O) groups is 1. The van der Waals surface area contributed by atoms with Gasteiger partial charge in [-0.05, 0) is 60.6 Å². The number of benzene rings is 1. The normalized spacial score (nSPS) is 15.5. The molecule has 0 atom stereocenters. The first-order valence-electron chi connectivity index (χ1n) is 8.27. The van der Waals surface area contributed by atoms with Crippen LogP contribution in [0.25, 0.3) is 0 Å². The van der Waals surface area contributed by atoms with Gasteiger partial charge in [-0.3, -0.25) is 0 Å². The van der Waals surface area contributed by atoms with Gasteiger partial charge in [0.15, 0.2) is 0 Å². The third kappa shape index (κ3) is 2.81. The molecule has 0 spiro atoms. The predicted molar refractivity (Wildman–Crippen MR) is 91.9 cm³/mol. The Kier molecular flexibility index (Phi) is 4.16. The van der Waals surface area contributed by atoms with E-state index in [1.165, 1.54) is 29.4 Å². The Hall–Kier alpha value is -2.23. The lowest BCUT2D eigenvalue weighted by molar-refractivity contribution is 0.0563. The molecule has 3 rings (SSSR count). The van der Waals surface area contributed by atoms with Gasteiger partial charge in [0.2, 0.25) is 5.76 Å². The van der Waals surface area contributed by atoms with Gasteiger partial charge in [-0.15, -0.1) is 0 Å². The van der Waals surface area contributed by atoms with Gasteiger partial charge in [0.05, 0.1) is 13.7 Å². The average molecular weight is 328 g/mol. The molecule has 1 aromatic carbocycles. The van der Waals surface area contributed by atoms with Crippen LogP contribution >= 0.6 is 0 Å². The molecule has 128 valence electrons. The molecule has 0 radical (unpaired) electrons. The largest absolute Gasteiger partial charge is 0.493 e. The summed E-state index contributed by atoms with van der Waals surface area (Å²) in [5.74, 6) is 1.55. The smallest absolute Gasteiger partial charge is 0.373 e. The first-order valence-corrected chi connectivity index (χ1v) is 8.27. The zero-order valence-corrected chi connectivity index (χ0v) is 15.0. The number of methoxy groups -OCH3 is 1. The minimum atomic E-state index is -0.449. The highest BCUT2D eigenvalue weighted by Gasteiger charge is 2.32. The number of hydrogen-bond donors (Lipinski definition) is 0. The van der Waals surface area contributed by atoms with E-state index in [-0.39, 0.29) is 11.2 Å². The van der Waals surface area contributed by atoms with Gasteiger partial charge in [-0.2, -0.15) is 0 Å². The highest BCUT2D eigenvalue weighted by atomic mass is 16.5. The van der Waals surface area contributed by atoms with E-state index in [0.29, 0.717) is 6.42 Å². The van der Waals surface area contributed by atoms with Gasteiger partial charge >= 0.3 is 5.97 Å². The number of furan rings is 1. The Morgan fingerprint density at radius 2 is 2.04 bits per heavy atom. The Bertz CT molecular complexity index is 783. The summed E-state index contributed by atoms with van der Waals surface area (Å²) in [6, 6.07) is 5.63. The molecular weight excluding hydrogens is 304 g/mol. The van der Waals surface area contributed by atoms with Crippen molar-refractivity contribution in [3.05, 3.63) is 52.0 Å². The van der Waals surface area contributed by atoms with E-state index in [0.717, 1.165) is 24.5 Å². The van der Waals surface area contributed by atoms with Crippen molar-refractivity contribution < 1.29 is 18.7 Å². The van der Waals surface area contributed by atoms with Crippen molar-refractivity contribution in [2.45, 2.75) is 46.0 Å². The summed E-state index contributed by atoms with van der Waals surface area (Å²) in [7, 11) is 1.35. The maximum Gasteiger partial charge on any atom is 0.373 e. The molecule has 0 saturated heterocycles. The Morgan fingerprint density at radius 3 is 2.75 bits per heavy atom. The van der Waals surface area contributed by atoms with Gasteiger partial charge in [0, 0.05) is 12.0 Å². The summed E-state index contributed by atoms with van der Waals surface area (Å²) >= 11 is 0. The Balaban J connectivity index is 2.00. The van der Waals surface area contributed by atoms with Crippen LogP contribution in [0.2, 0.25) is 0 Å². The molecule has 0 N–H and O–H groups in total. The lowest BCUT2D eigenvalue weighted by Crippen LogP contribution is -2.28. The average Bonchev–Trinajstić information content (AvgIpc) is 2.98. The minimum Gasteiger partial charge on any atom is -0.493 e. The molecule has 4 nitrogen and oxygen atoms in total. The molecule has 1 aromatic heterocycles. The van der Waals surface area contributed by atoms with E-state index in [2.05, 4.69) is 33.8 Å². The van der Waals surface area contributed by atoms with Crippen molar-refractivity contribution in [3.8, 4) is 5.75 Å². The number of carbonyl (C=O) groups excluding carboxylic acids is 1. The molecule has 4 heteroatoms. The van der Waals surface area contributed by atoms with Gasteiger partial charge in [-0.1, -0.05) is 13.8 Å². The van der Waals surface area contributed by atoms with Crippen LogP contribution in [0, 0.1) is 13.8 Å². The first kappa shape index (κ1) is 16.6. The van der Waals surface area contributed by atoms with E-state index < -0.39 is 5.97 Å². The third-order valence-electron chi connectivity index (χ3n) is 4.96. The molecule has 0 amide bonds. The number of aryl methyl sites for hydroxylation is 1. The highest BCUT2D eigenvalue weighted by molar-refractivity contribution is 5.86. The topological polar surface area (TPSA) is 48.7 Å². The van der Waals surface area contributed by atoms with Crippen LogP contribution in [0.4, 0.5) is 0 Å². The van der Waals surface area contributed by atoms with Crippen LogP contribution in [-0.2, 0) is 16.6 Å². The number of esters is 1. The quantitative estimate of drug-likeness (QED) is 0.787. The lowest BCUT2D eigenvalue weighted by atomic mass is 9.75. The SMILES string of the molecule is COC(=O)c1ccc(Cc2c(C)cc3c(c2C)C(C)(C)CCO3)o1. The van der Waals surface area contributed by atoms with E-state index in [1.807, 2.05) is 6.07 Å². The second-order valence-electron chi connectivity index (χ2n) is 7.09. The molecule has 0 bridgehead atoms.